The Labute approximate surface area is 111 Å². The molecule has 2 N–H and O–H groups in total. The Bertz CT molecular complexity index is 419. The highest BCUT2D eigenvalue weighted by molar-refractivity contribution is 7.09. The van der Waals surface area contributed by atoms with E-state index >= 15 is 0 Å². The van der Waals surface area contributed by atoms with Gasteiger partial charge in [-0.2, -0.15) is 0 Å². The average Bonchev–Trinajstić information content (AvgIpc) is 2.96. The van der Waals surface area contributed by atoms with Gasteiger partial charge in [0.15, 0.2) is 0 Å². The van der Waals surface area contributed by atoms with E-state index < -0.39 is 0 Å². The zero-order valence-electron chi connectivity index (χ0n) is 10.9. The molecule has 100 valence electrons. The zero-order chi connectivity index (χ0) is 13.1. The second-order valence-corrected chi connectivity index (χ2v) is 5.63. The van der Waals surface area contributed by atoms with Crippen LogP contribution in [0.3, 0.4) is 0 Å². The molecule has 0 radical (unpaired) electrons. The van der Waals surface area contributed by atoms with Gasteiger partial charge >= 0.3 is 0 Å². The molecule has 1 aliphatic rings. The van der Waals surface area contributed by atoms with Crippen LogP contribution in [0.1, 0.15) is 35.3 Å². The lowest BCUT2D eigenvalue weighted by Crippen LogP contribution is -2.43. The van der Waals surface area contributed by atoms with Crippen molar-refractivity contribution < 1.29 is 9.53 Å². The molecule has 1 aliphatic heterocycles. The maximum atomic E-state index is 12.0. The summed E-state index contributed by atoms with van der Waals surface area (Å²) >= 11 is 1.53. The number of hydrogen-bond donors (Lipinski definition) is 2. The summed E-state index contributed by atoms with van der Waals surface area (Å²) in [7, 11) is 1.66. The van der Waals surface area contributed by atoms with Gasteiger partial charge in [0, 0.05) is 31.5 Å². The highest BCUT2D eigenvalue weighted by Gasteiger charge is 2.29. The number of ether oxygens (including phenoxy) is 1. The van der Waals surface area contributed by atoms with Gasteiger partial charge in [0.05, 0.1) is 17.2 Å². The molecule has 0 spiro atoms. The third-order valence-electron chi connectivity index (χ3n) is 3.03. The molecular formula is C12H19N3O2S. The largest absolute Gasteiger partial charge is 0.378 e. The van der Waals surface area contributed by atoms with Crippen LogP contribution >= 0.6 is 11.3 Å². The number of nitrogens with zero attached hydrogens (tertiary/aromatic N) is 1. The lowest BCUT2D eigenvalue weighted by atomic mass is 10.2. The summed E-state index contributed by atoms with van der Waals surface area (Å²) in [6.07, 6.45) is 0.0390. The van der Waals surface area contributed by atoms with Crippen molar-refractivity contribution in [2.45, 2.75) is 31.9 Å². The first-order valence-corrected chi connectivity index (χ1v) is 6.99. The number of aromatic nitrogens is 1. The molecule has 1 aromatic heterocycles. The van der Waals surface area contributed by atoms with Crippen LogP contribution in [0.2, 0.25) is 0 Å². The van der Waals surface area contributed by atoms with Crippen LogP contribution in [0.15, 0.2) is 5.38 Å². The Balaban J connectivity index is 1.98. The van der Waals surface area contributed by atoms with Crippen molar-refractivity contribution in [1.82, 2.24) is 15.6 Å². The summed E-state index contributed by atoms with van der Waals surface area (Å²) in [5, 5.41) is 8.97. The van der Waals surface area contributed by atoms with Crippen molar-refractivity contribution in [1.29, 1.82) is 0 Å². The molecule has 1 aromatic rings. The SMILES string of the molecule is CO[C@H]1CNC[C@@H]1NC(=O)c1csc(C(C)C)n1. The van der Waals surface area contributed by atoms with E-state index in [9.17, 15) is 4.79 Å². The molecule has 2 heterocycles. The minimum atomic E-state index is -0.117. The van der Waals surface area contributed by atoms with Gasteiger partial charge in [-0.25, -0.2) is 4.98 Å². The summed E-state index contributed by atoms with van der Waals surface area (Å²) in [6, 6.07) is 0.0201. The Hall–Kier alpha value is -0.980. The lowest BCUT2D eigenvalue weighted by Gasteiger charge is -2.17. The fourth-order valence-electron chi connectivity index (χ4n) is 1.95. The van der Waals surface area contributed by atoms with Gasteiger partial charge in [-0.05, 0) is 0 Å². The predicted molar refractivity (Wildman–Crippen MR) is 71.1 cm³/mol. The van der Waals surface area contributed by atoms with Crippen LogP contribution in [0.25, 0.3) is 0 Å². The second kappa shape index (κ2) is 5.77. The normalized spacial score (nSPS) is 23.6. The molecule has 1 amide bonds. The summed E-state index contributed by atoms with van der Waals surface area (Å²) in [5.41, 5.74) is 0.505. The van der Waals surface area contributed by atoms with E-state index in [0.717, 1.165) is 18.1 Å². The van der Waals surface area contributed by atoms with Crippen molar-refractivity contribution in [3.8, 4) is 0 Å². The fraction of sp³-hybridized carbons (Fsp3) is 0.667. The molecule has 0 saturated carbocycles. The smallest absolute Gasteiger partial charge is 0.271 e. The first-order chi connectivity index (χ1) is 8.61. The van der Waals surface area contributed by atoms with Gasteiger partial charge in [-0.15, -0.1) is 11.3 Å². The third kappa shape index (κ3) is 2.88. The first kappa shape index (κ1) is 13.5. The Morgan fingerprint density at radius 2 is 2.39 bits per heavy atom. The number of nitrogens with one attached hydrogen (secondary N) is 2. The average molecular weight is 269 g/mol. The third-order valence-corrected chi connectivity index (χ3v) is 4.17. The van der Waals surface area contributed by atoms with E-state index in [-0.39, 0.29) is 18.1 Å². The minimum absolute atomic E-state index is 0.0201. The molecule has 1 saturated heterocycles. The monoisotopic (exact) mass is 269 g/mol. The molecule has 0 aliphatic carbocycles. The van der Waals surface area contributed by atoms with Crippen LogP contribution in [0.5, 0.6) is 0 Å². The number of methoxy groups -OCH3 is 1. The summed E-state index contributed by atoms with van der Waals surface area (Å²) < 4.78 is 5.31. The van der Waals surface area contributed by atoms with E-state index in [0.29, 0.717) is 11.6 Å². The van der Waals surface area contributed by atoms with Gasteiger partial charge in [0.2, 0.25) is 0 Å². The number of amides is 1. The van der Waals surface area contributed by atoms with Gasteiger partial charge in [0.25, 0.3) is 5.91 Å². The summed E-state index contributed by atoms with van der Waals surface area (Å²) in [4.78, 5) is 16.4. The van der Waals surface area contributed by atoms with E-state index in [1.807, 2.05) is 5.38 Å². The Morgan fingerprint density at radius 1 is 1.61 bits per heavy atom. The molecule has 2 atom stereocenters. The molecule has 18 heavy (non-hydrogen) atoms. The maximum absolute atomic E-state index is 12.0. The molecular weight excluding hydrogens is 250 g/mol. The molecule has 6 heteroatoms. The van der Waals surface area contributed by atoms with Gasteiger partial charge in [-0.3, -0.25) is 4.79 Å². The van der Waals surface area contributed by atoms with Crippen molar-refractivity contribution in [3.05, 3.63) is 16.1 Å². The van der Waals surface area contributed by atoms with E-state index in [4.69, 9.17) is 4.74 Å². The summed E-state index contributed by atoms with van der Waals surface area (Å²) in [5.74, 6) is 0.241. The van der Waals surface area contributed by atoms with E-state index in [2.05, 4.69) is 29.5 Å². The van der Waals surface area contributed by atoms with Crippen LogP contribution in [0, 0.1) is 0 Å². The number of carbonyl (C=O) groups is 1. The minimum Gasteiger partial charge on any atom is -0.378 e. The number of thiazole rings is 1. The highest BCUT2D eigenvalue weighted by atomic mass is 32.1. The van der Waals surface area contributed by atoms with Crippen molar-refractivity contribution in [2.24, 2.45) is 0 Å². The lowest BCUT2D eigenvalue weighted by molar-refractivity contribution is 0.0776. The quantitative estimate of drug-likeness (QED) is 0.855. The predicted octanol–water partition coefficient (Wildman–Crippen LogP) is 0.983. The first-order valence-electron chi connectivity index (χ1n) is 6.11. The number of rotatable bonds is 4. The van der Waals surface area contributed by atoms with Crippen LogP contribution in [-0.2, 0) is 4.74 Å². The standard InChI is InChI=1S/C12H19N3O2S/c1-7(2)12-15-9(6-18-12)11(16)14-8-4-13-5-10(8)17-3/h6-8,10,13H,4-5H2,1-3H3,(H,14,16)/t8-,10-/m0/s1. The molecule has 5 nitrogen and oxygen atoms in total. The summed E-state index contributed by atoms with van der Waals surface area (Å²) in [6.45, 7) is 5.66. The zero-order valence-corrected chi connectivity index (χ0v) is 11.7. The molecule has 1 fully saturated rings. The van der Waals surface area contributed by atoms with Crippen molar-refractivity contribution in [2.75, 3.05) is 20.2 Å². The molecule has 2 rings (SSSR count). The van der Waals surface area contributed by atoms with Crippen molar-refractivity contribution >= 4 is 17.2 Å². The van der Waals surface area contributed by atoms with Crippen LogP contribution in [0.4, 0.5) is 0 Å². The number of hydrogen-bond acceptors (Lipinski definition) is 5. The van der Waals surface area contributed by atoms with E-state index in [1.54, 1.807) is 7.11 Å². The topological polar surface area (TPSA) is 63.2 Å². The van der Waals surface area contributed by atoms with Gasteiger partial charge in [0.1, 0.15) is 5.69 Å². The number of carbonyl (C=O) groups excluding carboxylic acids is 1. The fourth-order valence-corrected chi connectivity index (χ4v) is 2.76. The van der Waals surface area contributed by atoms with Gasteiger partial charge in [-0.1, -0.05) is 13.8 Å². The second-order valence-electron chi connectivity index (χ2n) is 4.74. The Kier molecular flexibility index (Phi) is 4.31. The van der Waals surface area contributed by atoms with E-state index in [1.165, 1.54) is 11.3 Å². The maximum Gasteiger partial charge on any atom is 0.271 e. The van der Waals surface area contributed by atoms with Crippen molar-refractivity contribution in [3.63, 3.8) is 0 Å². The van der Waals surface area contributed by atoms with Crippen LogP contribution in [-0.4, -0.2) is 43.2 Å². The molecule has 0 bridgehead atoms. The highest BCUT2D eigenvalue weighted by Crippen LogP contribution is 2.19. The van der Waals surface area contributed by atoms with Crippen LogP contribution < -0.4 is 10.6 Å². The Morgan fingerprint density at radius 3 is 3.00 bits per heavy atom. The molecule has 0 aromatic carbocycles. The molecule has 0 unspecified atom stereocenters. The van der Waals surface area contributed by atoms with Gasteiger partial charge < -0.3 is 15.4 Å².